The number of rotatable bonds is 3. The lowest BCUT2D eigenvalue weighted by molar-refractivity contribution is 0.305. The molecule has 0 heterocycles. The Balaban J connectivity index is 2.34. The van der Waals surface area contributed by atoms with Gasteiger partial charge in [0.2, 0.25) is 0 Å². The van der Waals surface area contributed by atoms with Gasteiger partial charge in [-0.05, 0) is 41.0 Å². The summed E-state index contributed by atoms with van der Waals surface area (Å²) < 4.78 is 0. The van der Waals surface area contributed by atoms with Gasteiger partial charge < -0.3 is 5.11 Å². The molecule has 1 aliphatic carbocycles. The highest BCUT2D eigenvalue weighted by molar-refractivity contribution is 5.73. The molecule has 1 nitrogen and oxygen atoms in total. The highest BCUT2D eigenvalue weighted by Crippen LogP contribution is 2.31. The molecule has 15 heavy (non-hydrogen) atoms. The van der Waals surface area contributed by atoms with Crippen LogP contribution in [0.4, 0.5) is 0 Å². The summed E-state index contributed by atoms with van der Waals surface area (Å²) in [6.07, 6.45) is 4.06. The molecule has 0 atom stereocenters. The van der Waals surface area contributed by atoms with Crippen LogP contribution >= 0.6 is 0 Å². The second-order valence-corrected chi connectivity index (χ2v) is 4.48. The largest absolute Gasteiger partial charge is 0.396 e. The van der Waals surface area contributed by atoms with Crippen molar-refractivity contribution in [2.75, 3.05) is 6.61 Å². The Hall–Kier alpha value is -1.08. The lowest BCUT2D eigenvalue weighted by Crippen LogP contribution is -1.93. The first-order chi connectivity index (χ1) is 7.22. The maximum absolute atomic E-state index is 8.99. The lowest BCUT2D eigenvalue weighted by Gasteiger charge is -2.10. The van der Waals surface area contributed by atoms with Gasteiger partial charge in [-0.3, -0.25) is 0 Å². The van der Waals surface area contributed by atoms with E-state index in [-0.39, 0.29) is 6.61 Å². The molecule has 0 bridgehead atoms. The van der Waals surface area contributed by atoms with E-state index in [0.29, 0.717) is 5.92 Å². The van der Waals surface area contributed by atoms with Gasteiger partial charge in [0.05, 0.1) is 0 Å². The Morgan fingerprint density at radius 1 is 1.33 bits per heavy atom. The molecule has 1 N–H and O–H groups in total. The van der Waals surface area contributed by atoms with Gasteiger partial charge in [-0.15, -0.1) is 0 Å². The van der Waals surface area contributed by atoms with E-state index in [1.54, 1.807) is 0 Å². The van der Waals surface area contributed by atoms with Crippen LogP contribution in [0, 0.1) is 0 Å². The van der Waals surface area contributed by atoms with Crippen molar-refractivity contribution in [1.82, 2.24) is 0 Å². The zero-order valence-corrected chi connectivity index (χ0v) is 9.46. The SMILES string of the molecule is CC(C)c1ccc2c(c1)C(CCO)=CC2. The fourth-order valence-corrected chi connectivity index (χ4v) is 2.13. The van der Waals surface area contributed by atoms with E-state index < -0.39 is 0 Å². The van der Waals surface area contributed by atoms with Gasteiger partial charge >= 0.3 is 0 Å². The number of hydrogen-bond donors (Lipinski definition) is 1. The average Bonchev–Trinajstić information content (AvgIpc) is 2.61. The summed E-state index contributed by atoms with van der Waals surface area (Å²) in [6.45, 7) is 4.68. The van der Waals surface area contributed by atoms with E-state index in [9.17, 15) is 0 Å². The third-order valence-electron chi connectivity index (χ3n) is 3.10. The molecule has 0 fully saturated rings. The molecular formula is C14H18O. The van der Waals surface area contributed by atoms with Crippen LogP contribution in [0.2, 0.25) is 0 Å². The Labute approximate surface area is 91.4 Å². The smallest absolute Gasteiger partial charge is 0.0471 e. The highest BCUT2D eigenvalue weighted by atomic mass is 16.2. The van der Waals surface area contributed by atoms with Gasteiger partial charge in [0.15, 0.2) is 0 Å². The highest BCUT2D eigenvalue weighted by Gasteiger charge is 2.14. The summed E-state index contributed by atoms with van der Waals surface area (Å²) in [6, 6.07) is 6.74. The van der Waals surface area contributed by atoms with Gasteiger partial charge in [0.1, 0.15) is 0 Å². The molecule has 0 saturated carbocycles. The molecule has 0 radical (unpaired) electrons. The van der Waals surface area contributed by atoms with Crippen LogP contribution in [0.1, 0.15) is 42.9 Å². The Morgan fingerprint density at radius 2 is 2.13 bits per heavy atom. The predicted octanol–water partition coefficient (Wildman–Crippen LogP) is 3.13. The molecule has 80 valence electrons. The van der Waals surface area contributed by atoms with E-state index in [1.165, 1.54) is 22.3 Å². The van der Waals surface area contributed by atoms with Crippen LogP contribution < -0.4 is 0 Å². The minimum absolute atomic E-state index is 0.247. The molecule has 1 aromatic carbocycles. The van der Waals surface area contributed by atoms with Crippen LogP contribution in [0.15, 0.2) is 24.3 Å². The second kappa shape index (κ2) is 4.19. The van der Waals surface area contributed by atoms with E-state index in [1.807, 2.05) is 0 Å². The Morgan fingerprint density at radius 3 is 2.80 bits per heavy atom. The predicted molar refractivity (Wildman–Crippen MR) is 63.9 cm³/mol. The van der Waals surface area contributed by atoms with Crippen molar-refractivity contribution >= 4 is 5.57 Å². The Kier molecular flexibility index (Phi) is 2.92. The molecule has 0 aliphatic heterocycles. The minimum atomic E-state index is 0.247. The summed E-state index contributed by atoms with van der Waals surface area (Å²) in [5, 5.41) is 8.99. The van der Waals surface area contributed by atoms with Crippen molar-refractivity contribution in [3.63, 3.8) is 0 Å². The topological polar surface area (TPSA) is 20.2 Å². The van der Waals surface area contributed by atoms with Gasteiger partial charge in [-0.25, -0.2) is 0 Å². The summed E-state index contributed by atoms with van der Waals surface area (Å²) in [4.78, 5) is 0. The molecule has 1 aliphatic rings. The number of benzene rings is 1. The van der Waals surface area contributed by atoms with Crippen LogP contribution in [0.25, 0.3) is 5.57 Å². The van der Waals surface area contributed by atoms with E-state index in [0.717, 1.165) is 12.8 Å². The van der Waals surface area contributed by atoms with Crippen LogP contribution in [0.5, 0.6) is 0 Å². The fraction of sp³-hybridized carbons (Fsp3) is 0.429. The zero-order chi connectivity index (χ0) is 10.8. The molecule has 0 amide bonds. The summed E-state index contributed by atoms with van der Waals surface area (Å²) >= 11 is 0. The maximum atomic E-state index is 8.99. The number of hydrogen-bond acceptors (Lipinski definition) is 1. The molecule has 1 heteroatoms. The molecule has 1 aromatic rings. The quantitative estimate of drug-likeness (QED) is 0.798. The normalized spacial score (nSPS) is 14.3. The lowest BCUT2D eigenvalue weighted by atomic mass is 9.95. The summed E-state index contributed by atoms with van der Waals surface area (Å²) in [7, 11) is 0. The van der Waals surface area contributed by atoms with Crippen molar-refractivity contribution < 1.29 is 5.11 Å². The summed E-state index contributed by atoms with van der Waals surface area (Å²) in [5.41, 5.74) is 5.47. The number of allylic oxidation sites excluding steroid dienone is 1. The first-order valence-corrected chi connectivity index (χ1v) is 5.65. The van der Waals surface area contributed by atoms with Crippen LogP contribution in [0.3, 0.4) is 0 Å². The van der Waals surface area contributed by atoms with E-state index >= 15 is 0 Å². The van der Waals surface area contributed by atoms with Gasteiger partial charge in [-0.2, -0.15) is 0 Å². The van der Waals surface area contributed by atoms with Crippen molar-refractivity contribution in [3.8, 4) is 0 Å². The van der Waals surface area contributed by atoms with Gasteiger partial charge in [-0.1, -0.05) is 38.1 Å². The molecule has 0 saturated heterocycles. The first-order valence-electron chi connectivity index (χ1n) is 5.65. The third kappa shape index (κ3) is 1.98. The standard InChI is InChI=1S/C14H18O/c1-10(2)13-6-5-11-3-4-12(7-8-15)14(11)9-13/h4-6,9-10,15H,3,7-8H2,1-2H3. The van der Waals surface area contributed by atoms with E-state index in [4.69, 9.17) is 5.11 Å². The van der Waals surface area contributed by atoms with Crippen molar-refractivity contribution in [3.05, 3.63) is 41.0 Å². The molecule has 0 spiro atoms. The zero-order valence-electron chi connectivity index (χ0n) is 9.46. The van der Waals surface area contributed by atoms with Crippen molar-refractivity contribution in [1.29, 1.82) is 0 Å². The number of fused-ring (bicyclic) bond motifs is 1. The van der Waals surface area contributed by atoms with Crippen LogP contribution in [-0.2, 0) is 6.42 Å². The van der Waals surface area contributed by atoms with Gasteiger partial charge in [0, 0.05) is 6.61 Å². The molecule has 2 rings (SSSR count). The Bertz CT molecular complexity index is 388. The number of aliphatic hydroxyl groups is 1. The second-order valence-electron chi connectivity index (χ2n) is 4.48. The summed E-state index contributed by atoms with van der Waals surface area (Å²) in [5.74, 6) is 0.575. The van der Waals surface area contributed by atoms with Crippen molar-refractivity contribution in [2.24, 2.45) is 0 Å². The fourth-order valence-electron chi connectivity index (χ4n) is 2.13. The number of aliphatic hydroxyl groups excluding tert-OH is 1. The van der Waals surface area contributed by atoms with Crippen molar-refractivity contribution in [2.45, 2.75) is 32.6 Å². The molecule has 0 aromatic heterocycles. The molecular weight excluding hydrogens is 184 g/mol. The monoisotopic (exact) mass is 202 g/mol. The minimum Gasteiger partial charge on any atom is -0.396 e. The average molecular weight is 202 g/mol. The molecule has 0 unspecified atom stereocenters. The third-order valence-corrected chi connectivity index (χ3v) is 3.10. The first kappa shape index (κ1) is 10.4. The van der Waals surface area contributed by atoms with Crippen LogP contribution in [-0.4, -0.2) is 11.7 Å². The maximum Gasteiger partial charge on any atom is 0.0471 e. The van der Waals surface area contributed by atoms with Gasteiger partial charge in [0.25, 0.3) is 0 Å². The van der Waals surface area contributed by atoms with E-state index in [2.05, 4.69) is 38.1 Å².